The summed E-state index contributed by atoms with van der Waals surface area (Å²) in [6, 6.07) is 19.4. The van der Waals surface area contributed by atoms with E-state index in [1.54, 1.807) is 36.4 Å². The van der Waals surface area contributed by atoms with Gasteiger partial charge in [0.25, 0.3) is 5.78 Å². The third-order valence-corrected chi connectivity index (χ3v) is 9.12. The van der Waals surface area contributed by atoms with Gasteiger partial charge in [-0.3, -0.25) is 14.5 Å². The average molecular weight is 616 g/mol. The van der Waals surface area contributed by atoms with Crippen molar-refractivity contribution >= 4 is 45.7 Å². The SMILES string of the molecule is CCCOc1cccc([C@@H]2/C(=C(\O)c3ccc4c(c3)OCCO4)C(=O)C(=O)N2c2nnc(SCc3ccc(C)cc3)s2)c1. The molecule has 11 heteroatoms. The number of aryl methyl sites for hydroxylation is 1. The van der Waals surface area contributed by atoms with Gasteiger partial charge in [-0.2, -0.15) is 0 Å². The van der Waals surface area contributed by atoms with Gasteiger partial charge in [0.15, 0.2) is 15.8 Å². The van der Waals surface area contributed by atoms with Gasteiger partial charge in [0.2, 0.25) is 5.13 Å². The van der Waals surface area contributed by atoms with Gasteiger partial charge >= 0.3 is 5.91 Å². The van der Waals surface area contributed by atoms with Crippen molar-refractivity contribution in [1.82, 2.24) is 10.2 Å². The number of ketones is 1. The zero-order chi connectivity index (χ0) is 29.9. The highest BCUT2D eigenvalue weighted by Crippen LogP contribution is 2.45. The number of benzene rings is 3. The van der Waals surface area contributed by atoms with Crippen LogP contribution >= 0.6 is 23.1 Å². The normalized spacial score (nSPS) is 17.3. The molecule has 6 rings (SSSR count). The number of ether oxygens (including phenoxy) is 3. The number of aromatic nitrogens is 2. The Morgan fingerprint density at radius 3 is 2.63 bits per heavy atom. The molecule has 0 unspecified atom stereocenters. The number of carbonyl (C=O) groups excluding carboxylic acids is 2. The first kappa shape index (κ1) is 28.8. The molecule has 9 nitrogen and oxygen atoms in total. The molecule has 43 heavy (non-hydrogen) atoms. The Hall–Kier alpha value is -4.35. The van der Waals surface area contributed by atoms with E-state index in [9.17, 15) is 14.7 Å². The van der Waals surface area contributed by atoms with Crippen LogP contribution in [0.2, 0.25) is 0 Å². The molecule has 1 fully saturated rings. The molecule has 1 aromatic heterocycles. The molecule has 1 saturated heterocycles. The van der Waals surface area contributed by atoms with Crippen LogP contribution in [-0.4, -0.2) is 46.8 Å². The highest BCUT2D eigenvalue weighted by atomic mass is 32.2. The third-order valence-electron chi connectivity index (χ3n) is 6.99. The summed E-state index contributed by atoms with van der Waals surface area (Å²) in [6.07, 6.45) is 0.820. The first-order chi connectivity index (χ1) is 20.9. The van der Waals surface area contributed by atoms with Crippen molar-refractivity contribution in [2.45, 2.75) is 36.4 Å². The van der Waals surface area contributed by atoms with Crippen LogP contribution in [0.1, 0.15) is 41.6 Å². The van der Waals surface area contributed by atoms with Gasteiger partial charge in [0, 0.05) is 11.3 Å². The molecule has 1 N–H and O–H groups in total. The summed E-state index contributed by atoms with van der Waals surface area (Å²) < 4.78 is 17.8. The van der Waals surface area contributed by atoms with E-state index in [-0.39, 0.29) is 16.5 Å². The summed E-state index contributed by atoms with van der Waals surface area (Å²) in [4.78, 5) is 28.6. The van der Waals surface area contributed by atoms with Gasteiger partial charge in [-0.05, 0) is 54.8 Å². The lowest BCUT2D eigenvalue weighted by Gasteiger charge is -2.23. The van der Waals surface area contributed by atoms with Crippen LogP contribution in [0.15, 0.2) is 76.6 Å². The number of fused-ring (bicyclic) bond motifs is 1. The van der Waals surface area contributed by atoms with E-state index in [1.165, 1.54) is 33.6 Å². The van der Waals surface area contributed by atoms with Crippen LogP contribution in [0.5, 0.6) is 17.2 Å². The van der Waals surface area contributed by atoms with Gasteiger partial charge in [-0.15, -0.1) is 10.2 Å². The highest BCUT2D eigenvalue weighted by molar-refractivity contribution is 8.00. The standard InChI is InChI=1S/C32H29N3O6S2/c1-3-13-39-23-6-4-5-21(16-23)27-26(28(36)22-11-12-24-25(17-22)41-15-14-40-24)29(37)30(38)35(27)31-33-34-32(43-31)42-18-20-9-7-19(2)8-10-20/h4-12,16-17,27,36H,3,13-15,18H2,1-2H3/b28-26+/t27-/m1/s1. The second-order valence-corrected chi connectivity index (χ2v) is 12.3. The highest BCUT2D eigenvalue weighted by Gasteiger charge is 2.48. The predicted octanol–water partition coefficient (Wildman–Crippen LogP) is 6.33. The summed E-state index contributed by atoms with van der Waals surface area (Å²) in [5.74, 6) is 0.340. The Morgan fingerprint density at radius 2 is 1.84 bits per heavy atom. The van der Waals surface area contributed by atoms with Crippen LogP contribution in [0, 0.1) is 6.92 Å². The maximum atomic E-state index is 13.6. The van der Waals surface area contributed by atoms with E-state index in [1.807, 2.05) is 19.9 Å². The first-order valence-electron chi connectivity index (χ1n) is 13.9. The number of carbonyl (C=O) groups is 2. The number of anilines is 1. The van der Waals surface area contributed by atoms with Crippen LogP contribution in [-0.2, 0) is 15.3 Å². The number of rotatable bonds is 9. The maximum Gasteiger partial charge on any atom is 0.301 e. The van der Waals surface area contributed by atoms with Crippen molar-refractivity contribution in [3.63, 3.8) is 0 Å². The second kappa shape index (κ2) is 12.5. The summed E-state index contributed by atoms with van der Waals surface area (Å²) >= 11 is 2.73. The Labute approximate surface area is 257 Å². The number of hydrogen-bond acceptors (Lipinski definition) is 10. The number of Topliss-reactive ketones (excluding diaryl/α,β-unsaturated/α-hetero) is 1. The summed E-state index contributed by atoms with van der Waals surface area (Å²) in [5.41, 5.74) is 3.19. The molecule has 2 aliphatic heterocycles. The molecular formula is C32H29N3O6S2. The minimum absolute atomic E-state index is 0.0571. The summed E-state index contributed by atoms with van der Waals surface area (Å²) in [6.45, 7) is 5.36. The van der Waals surface area contributed by atoms with Crippen molar-refractivity contribution in [3.8, 4) is 17.2 Å². The first-order valence-corrected chi connectivity index (χ1v) is 15.7. The van der Waals surface area contributed by atoms with Crippen molar-refractivity contribution in [3.05, 3.63) is 94.6 Å². The molecule has 4 aromatic rings. The molecular weight excluding hydrogens is 587 g/mol. The van der Waals surface area contributed by atoms with E-state index in [0.717, 1.165) is 12.0 Å². The lowest BCUT2D eigenvalue weighted by Crippen LogP contribution is -2.29. The average Bonchev–Trinajstić information content (AvgIpc) is 3.61. The Kier molecular flexibility index (Phi) is 8.35. The fourth-order valence-electron chi connectivity index (χ4n) is 4.87. The number of hydrogen-bond donors (Lipinski definition) is 1. The number of nitrogens with zero attached hydrogens (tertiary/aromatic N) is 3. The number of amides is 1. The monoisotopic (exact) mass is 615 g/mol. The van der Waals surface area contributed by atoms with Crippen molar-refractivity contribution < 1.29 is 28.9 Å². The molecule has 1 atom stereocenters. The largest absolute Gasteiger partial charge is 0.507 e. The number of aliphatic hydroxyl groups is 1. The van der Waals surface area contributed by atoms with Crippen LogP contribution < -0.4 is 19.1 Å². The van der Waals surface area contributed by atoms with E-state index >= 15 is 0 Å². The Balaban J connectivity index is 1.39. The molecule has 0 saturated carbocycles. The summed E-state index contributed by atoms with van der Waals surface area (Å²) in [5, 5.41) is 20.4. The molecule has 0 radical (unpaired) electrons. The number of aliphatic hydroxyl groups excluding tert-OH is 1. The van der Waals surface area contributed by atoms with Crippen LogP contribution in [0.4, 0.5) is 5.13 Å². The molecule has 0 bridgehead atoms. The fraction of sp³-hybridized carbons (Fsp3) is 0.250. The van der Waals surface area contributed by atoms with Gasteiger partial charge in [0.05, 0.1) is 18.2 Å². The zero-order valence-corrected chi connectivity index (χ0v) is 25.2. The minimum atomic E-state index is -0.957. The topological polar surface area (TPSA) is 111 Å². The van der Waals surface area contributed by atoms with E-state index in [4.69, 9.17) is 14.2 Å². The van der Waals surface area contributed by atoms with Crippen LogP contribution in [0.25, 0.3) is 5.76 Å². The smallest absolute Gasteiger partial charge is 0.301 e. The molecule has 0 spiro atoms. The molecule has 0 aliphatic carbocycles. The van der Waals surface area contributed by atoms with Gasteiger partial charge in [0.1, 0.15) is 24.7 Å². The zero-order valence-electron chi connectivity index (χ0n) is 23.6. The quantitative estimate of drug-likeness (QED) is 0.0760. The minimum Gasteiger partial charge on any atom is -0.507 e. The van der Waals surface area contributed by atoms with Gasteiger partial charge in [-0.25, -0.2) is 0 Å². The van der Waals surface area contributed by atoms with Gasteiger partial charge < -0.3 is 19.3 Å². The Morgan fingerprint density at radius 1 is 1.05 bits per heavy atom. The Bertz CT molecular complexity index is 1700. The van der Waals surface area contributed by atoms with Crippen molar-refractivity contribution in [1.29, 1.82) is 0 Å². The second-order valence-electron chi connectivity index (χ2n) is 10.1. The fourth-order valence-corrected chi connectivity index (χ4v) is 6.70. The molecule has 1 amide bonds. The third kappa shape index (κ3) is 5.95. The molecule has 3 aromatic carbocycles. The van der Waals surface area contributed by atoms with E-state index in [2.05, 4.69) is 34.5 Å². The lowest BCUT2D eigenvalue weighted by molar-refractivity contribution is -0.132. The lowest BCUT2D eigenvalue weighted by atomic mass is 9.95. The van der Waals surface area contributed by atoms with Crippen molar-refractivity contribution in [2.24, 2.45) is 0 Å². The van der Waals surface area contributed by atoms with E-state index < -0.39 is 17.7 Å². The van der Waals surface area contributed by atoms with Crippen molar-refractivity contribution in [2.75, 3.05) is 24.7 Å². The summed E-state index contributed by atoms with van der Waals surface area (Å²) in [7, 11) is 0. The predicted molar refractivity (Wildman–Crippen MR) is 165 cm³/mol. The molecule has 3 heterocycles. The number of thioether (sulfide) groups is 1. The maximum absolute atomic E-state index is 13.6. The molecule has 2 aliphatic rings. The van der Waals surface area contributed by atoms with Gasteiger partial charge in [-0.1, -0.05) is 72.0 Å². The van der Waals surface area contributed by atoms with E-state index in [0.29, 0.717) is 58.3 Å². The van der Waals surface area contributed by atoms with Crippen LogP contribution in [0.3, 0.4) is 0 Å². The molecule has 220 valence electrons.